The van der Waals surface area contributed by atoms with Gasteiger partial charge in [0, 0.05) is 25.5 Å². The molecular formula is C24H23N3O2. The number of ether oxygens (including phenoxy) is 1. The molecule has 0 aliphatic carbocycles. The molecule has 1 fully saturated rings. The zero-order chi connectivity index (χ0) is 19.7. The monoisotopic (exact) mass is 385 g/mol. The van der Waals surface area contributed by atoms with Crippen LogP contribution in [-0.2, 0) is 21.4 Å². The van der Waals surface area contributed by atoms with Gasteiger partial charge in [-0.3, -0.25) is 9.78 Å². The summed E-state index contributed by atoms with van der Waals surface area (Å²) in [6.45, 7) is 2.68. The zero-order valence-electron chi connectivity index (χ0n) is 16.2. The van der Waals surface area contributed by atoms with Crippen molar-refractivity contribution in [1.29, 1.82) is 0 Å². The summed E-state index contributed by atoms with van der Waals surface area (Å²) in [5.41, 5.74) is 3.37. The molecule has 1 aromatic heterocycles. The van der Waals surface area contributed by atoms with Crippen LogP contribution in [0, 0.1) is 0 Å². The Hall–Kier alpha value is -3.02. The largest absolute Gasteiger partial charge is 0.379 e. The van der Waals surface area contributed by atoms with E-state index in [9.17, 15) is 4.79 Å². The van der Waals surface area contributed by atoms with Crippen molar-refractivity contribution in [2.75, 3.05) is 31.3 Å². The van der Waals surface area contributed by atoms with Gasteiger partial charge in [0.15, 0.2) is 0 Å². The minimum atomic E-state index is -0.766. The Bertz CT molecular complexity index is 1000. The highest BCUT2D eigenvalue weighted by molar-refractivity contribution is 6.10. The number of benzene rings is 2. The number of morpholine rings is 1. The van der Waals surface area contributed by atoms with Crippen LogP contribution in [-0.4, -0.2) is 42.2 Å². The van der Waals surface area contributed by atoms with Crippen molar-refractivity contribution in [2.24, 2.45) is 0 Å². The summed E-state index contributed by atoms with van der Waals surface area (Å²) in [6, 6.07) is 22.3. The summed E-state index contributed by atoms with van der Waals surface area (Å²) in [5, 5.41) is 4.02. The smallest absolute Gasteiger partial charge is 0.257 e. The topological polar surface area (TPSA) is 45.7 Å². The van der Waals surface area contributed by atoms with E-state index in [2.05, 4.69) is 34.3 Å². The van der Waals surface area contributed by atoms with Crippen LogP contribution in [0.25, 0.3) is 0 Å². The van der Waals surface area contributed by atoms with E-state index in [-0.39, 0.29) is 5.91 Å². The van der Waals surface area contributed by atoms with E-state index in [1.165, 1.54) is 0 Å². The lowest BCUT2D eigenvalue weighted by Gasteiger charge is -2.37. The predicted molar refractivity (Wildman–Crippen MR) is 111 cm³/mol. The summed E-state index contributed by atoms with van der Waals surface area (Å²) in [6.07, 6.45) is 4.18. The van der Waals surface area contributed by atoms with Gasteiger partial charge in [-0.1, -0.05) is 48.5 Å². The van der Waals surface area contributed by atoms with Gasteiger partial charge >= 0.3 is 0 Å². The third kappa shape index (κ3) is 2.94. The molecular weight excluding hydrogens is 362 g/mol. The van der Waals surface area contributed by atoms with E-state index in [1.807, 2.05) is 47.5 Å². The van der Waals surface area contributed by atoms with Gasteiger partial charge in [0.25, 0.3) is 5.91 Å². The molecule has 0 spiro atoms. The summed E-state index contributed by atoms with van der Waals surface area (Å²) < 4.78 is 5.53. The number of hydrazine groups is 1. The summed E-state index contributed by atoms with van der Waals surface area (Å²) in [7, 11) is 0. The number of hydrogen-bond acceptors (Lipinski definition) is 4. The second-order valence-corrected chi connectivity index (χ2v) is 7.50. The van der Waals surface area contributed by atoms with Crippen molar-refractivity contribution in [3.63, 3.8) is 0 Å². The van der Waals surface area contributed by atoms with Crippen LogP contribution in [0.3, 0.4) is 0 Å². The normalized spacial score (nSPS) is 21.9. The van der Waals surface area contributed by atoms with Crippen LogP contribution in [0.2, 0.25) is 0 Å². The highest BCUT2D eigenvalue weighted by Gasteiger charge is 2.53. The van der Waals surface area contributed by atoms with Crippen LogP contribution in [0.1, 0.15) is 16.7 Å². The standard InChI is InChI=1S/C24H23N3O2/c28-23-24(20-6-2-1-3-7-20,18-19-10-12-25-13-11-19)21-8-4-5-9-22(21)27(23)26-14-16-29-17-15-26/h1-13H,14-18H2. The maximum Gasteiger partial charge on any atom is 0.257 e. The number of amides is 1. The van der Waals surface area contributed by atoms with Crippen LogP contribution in [0.4, 0.5) is 5.69 Å². The maximum absolute atomic E-state index is 14.2. The number of para-hydroxylation sites is 1. The van der Waals surface area contributed by atoms with Gasteiger partial charge in [-0.25, -0.2) is 10.0 Å². The average Bonchev–Trinajstić information content (AvgIpc) is 3.04. The van der Waals surface area contributed by atoms with Crippen LogP contribution >= 0.6 is 0 Å². The summed E-state index contributed by atoms with van der Waals surface area (Å²) >= 11 is 0. The van der Waals surface area contributed by atoms with Crippen LogP contribution < -0.4 is 5.01 Å². The Morgan fingerprint density at radius 1 is 0.897 bits per heavy atom. The molecule has 146 valence electrons. The van der Waals surface area contributed by atoms with Gasteiger partial charge in [0.2, 0.25) is 0 Å². The van der Waals surface area contributed by atoms with Crippen molar-refractivity contribution in [3.05, 3.63) is 95.8 Å². The molecule has 2 aliphatic heterocycles. The van der Waals surface area contributed by atoms with Gasteiger partial charge < -0.3 is 4.74 Å². The molecule has 2 aromatic carbocycles. The highest BCUT2D eigenvalue weighted by atomic mass is 16.5. The number of aromatic nitrogens is 1. The Morgan fingerprint density at radius 3 is 2.34 bits per heavy atom. The van der Waals surface area contributed by atoms with Crippen LogP contribution in [0.15, 0.2) is 79.1 Å². The van der Waals surface area contributed by atoms with Gasteiger partial charge in [-0.05, 0) is 41.3 Å². The first-order chi connectivity index (χ1) is 14.3. The van der Waals surface area contributed by atoms with E-state index in [4.69, 9.17) is 4.74 Å². The fourth-order valence-corrected chi connectivity index (χ4v) is 4.54. The van der Waals surface area contributed by atoms with Gasteiger partial charge in [-0.2, -0.15) is 0 Å². The number of nitrogens with zero attached hydrogens (tertiary/aromatic N) is 3. The van der Waals surface area contributed by atoms with Crippen LogP contribution in [0.5, 0.6) is 0 Å². The Kier molecular flexibility index (Phi) is 4.62. The zero-order valence-corrected chi connectivity index (χ0v) is 16.2. The number of carbonyl (C=O) groups is 1. The van der Waals surface area contributed by atoms with Crippen molar-refractivity contribution >= 4 is 11.6 Å². The second kappa shape index (κ2) is 7.43. The third-order valence-electron chi connectivity index (χ3n) is 5.91. The Morgan fingerprint density at radius 2 is 1.59 bits per heavy atom. The lowest BCUT2D eigenvalue weighted by atomic mass is 9.71. The highest BCUT2D eigenvalue weighted by Crippen LogP contribution is 2.48. The lowest BCUT2D eigenvalue weighted by Crippen LogP contribution is -2.54. The fourth-order valence-electron chi connectivity index (χ4n) is 4.54. The molecule has 0 N–H and O–H groups in total. The second-order valence-electron chi connectivity index (χ2n) is 7.50. The molecule has 0 radical (unpaired) electrons. The third-order valence-corrected chi connectivity index (χ3v) is 5.91. The molecule has 3 heterocycles. The number of hydrogen-bond donors (Lipinski definition) is 0. The molecule has 3 aromatic rings. The first-order valence-electron chi connectivity index (χ1n) is 10.0. The van der Waals surface area contributed by atoms with E-state index in [1.54, 1.807) is 12.4 Å². The summed E-state index contributed by atoms with van der Waals surface area (Å²) in [5.74, 6) is 0.101. The molecule has 5 nitrogen and oxygen atoms in total. The molecule has 5 heteroatoms. The number of fused-ring (bicyclic) bond motifs is 1. The predicted octanol–water partition coefficient (Wildman–Crippen LogP) is 3.20. The van der Waals surface area contributed by atoms with E-state index in [0.29, 0.717) is 32.7 Å². The molecule has 1 unspecified atom stereocenters. The SMILES string of the molecule is O=C1N(N2CCOCC2)c2ccccc2C1(Cc1ccncc1)c1ccccc1. The van der Waals surface area contributed by atoms with E-state index in [0.717, 1.165) is 22.4 Å². The molecule has 0 bridgehead atoms. The van der Waals surface area contributed by atoms with E-state index < -0.39 is 5.41 Å². The van der Waals surface area contributed by atoms with Gasteiger partial charge in [-0.15, -0.1) is 0 Å². The van der Waals surface area contributed by atoms with Crippen molar-refractivity contribution < 1.29 is 9.53 Å². The van der Waals surface area contributed by atoms with Gasteiger partial charge in [0.1, 0.15) is 5.41 Å². The maximum atomic E-state index is 14.2. The molecule has 29 heavy (non-hydrogen) atoms. The number of rotatable bonds is 4. The first-order valence-corrected chi connectivity index (χ1v) is 10.0. The molecule has 0 saturated carbocycles. The molecule has 1 atom stereocenters. The minimum Gasteiger partial charge on any atom is -0.379 e. The van der Waals surface area contributed by atoms with E-state index >= 15 is 0 Å². The molecule has 5 rings (SSSR count). The fraction of sp³-hybridized carbons (Fsp3) is 0.250. The number of anilines is 1. The molecule has 1 amide bonds. The van der Waals surface area contributed by atoms with Crippen molar-refractivity contribution in [3.8, 4) is 0 Å². The molecule has 2 aliphatic rings. The minimum absolute atomic E-state index is 0.101. The Labute approximate surface area is 170 Å². The number of carbonyl (C=O) groups excluding carboxylic acids is 1. The number of pyridine rings is 1. The summed E-state index contributed by atoms with van der Waals surface area (Å²) in [4.78, 5) is 18.4. The Balaban J connectivity index is 1.70. The van der Waals surface area contributed by atoms with Crippen molar-refractivity contribution in [2.45, 2.75) is 11.8 Å². The quantitative estimate of drug-likeness (QED) is 0.692. The van der Waals surface area contributed by atoms with Crippen molar-refractivity contribution in [1.82, 2.24) is 9.99 Å². The molecule has 1 saturated heterocycles. The lowest BCUT2D eigenvalue weighted by molar-refractivity contribution is -0.126. The van der Waals surface area contributed by atoms with Gasteiger partial charge in [0.05, 0.1) is 18.9 Å². The first kappa shape index (κ1) is 18.0. The average molecular weight is 385 g/mol.